The van der Waals surface area contributed by atoms with Gasteiger partial charge in [-0.05, 0) is 25.1 Å². The lowest BCUT2D eigenvalue weighted by Gasteiger charge is -2.20. The molecule has 0 aromatic carbocycles. The minimum atomic E-state index is -5.83. The number of alkyl halides is 5. The van der Waals surface area contributed by atoms with Crippen molar-refractivity contribution in [2.75, 3.05) is 7.05 Å². The first-order chi connectivity index (χ1) is 14.5. The Bertz CT molecular complexity index is 1260. The summed E-state index contributed by atoms with van der Waals surface area (Å²) < 4.78 is 68.9. The summed E-state index contributed by atoms with van der Waals surface area (Å²) in [5.41, 5.74) is -0.853. The molecule has 0 spiro atoms. The zero-order valence-corrected chi connectivity index (χ0v) is 16.2. The van der Waals surface area contributed by atoms with Crippen molar-refractivity contribution < 1.29 is 26.7 Å². The molecule has 0 atom stereocenters. The van der Waals surface area contributed by atoms with Gasteiger partial charge in [0.1, 0.15) is 11.3 Å². The number of rotatable bonds is 4. The van der Waals surface area contributed by atoms with Gasteiger partial charge in [0.05, 0.1) is 12.2 Å². The van der Waals surface area contributed by atoms with Crippen molar-refractivity contribution in [2.45, 2.75) is 25.6 Å². The molecule has 0 bridgehead atoms. The number of nitrogens with zero attached hydrogens (tertiary/aromatic N) is 6. The Balaban J connectivity index is 1.67. The van der Waals surface area contributed by atoms with E-state index in [2.05, 4.69) is 15.1 Å². The number of aryl methyl sites for hydroxylation is 1. The van der Waals surface area contributed by atoms with E-state index in [1.54, 1.807) is 28.9 Å². The predicted molar refractivity (Wildman–Crippen MR) is 98.7 cm³/mol. The molecule has 7 nitrogen and oxygen atoms in total. The molecular weight excluding hydrogens is 423 g/mol. The zero-order valence-electron chi connectivity index (χ0n) is 16.2. The summed E-state index contributed by atoms with van der Waals surface area (Å²) in [6.45, 7) is 1.35. The molecule has 4 aromatic heterocycles. The van der Waals surface area contributed by atoms with Gasteiger partial charge < -0.3 is 9.30 Å². The first-order valence-corrected chi connectivity index (χ1v) is 8.98. The number of aromatic nitrogens is 5. The van der Waals surface area contributed by atoms with Crippen LogP contribution in [0.4, 0.5) is 22.0 Å². The Morgan fingerprint density at radius 3 is 2.52 bits per heavy atom. The van der Waals surface area contributed by atoms with Crippen molar-refractivity contribution in [2.24, 2.45) is 0 Å². The fourth-order valence-electron chi connectivity index (χ4n) is 3.15. The normalized spacial score (nSPS) is 12.6. The van der Waals surface area contributed by atoms with Crippen LogP contribution in [0.3, 0.4) is 0 Å². The van der Waals surface area contributed by atoms with Crippen molar-refractivity contribution in [3.05, 3.63) is 65.5 Å². The van der Waals surface area contributed by atoms with E-state index in [0.29, 0.717) is 21.9 Å². The van der Waals surface area contributed by atoms with Crippen molar-refractivity contribution in [3.8, 4) is 0 Å². The molecule has 4 aromatic rings. The highest BCUT2D eigenvalue weighted by atomic mass is 19.4. The van der Waals surface area contributed by atoms with Crippen LogP contribution in [0.2, 0.25) is 0 Å². The van der Waals surface area contributed by atoms with E-state index in [9.17, 15) is 26.7 Å². The van der Waals surface area contributed by atoms with Gasteiger partial charge in [-0.1, -0.05) is 6.07 Å². The average Bonchev–Trinajstić information content (AvgIpc) is 3.28. The maximum atomic E-state index is 14.0. The van der Waals surface area contributed by atoms with E-state index in [-0.39, 0.29) is 23.6 Å². The fraction of sp³-hybridized carbons (Fsp3) is 0.263. The summed E-state index contributed by atoms with van der Waals surface area (Å²) in [5.74, 6) is -5.85. The Labute approximate surface area is 171 Å². The molecule has 4 rings (SSSR count). The third-order valence-electron chi connectivity index (χ3n) is 4.61. The van der Waals surface area contributed by atoms with Gasteiger partial charge >= 0.3 is 12.1 Å². The second-order valence-electron chi connectivity index (χ2n) is 7.01. The predicted octanol–water partition coefficient (Wildman–Crippen LogP) is 3.61. The van der Waals surface area contributed by atoms with Gasteiger partial charge in [-0.15, -0.1) is 0 Å². The van der Waals surface area contributed by atoms with E-state index in [1.807, 2.05) is 6.07 Å². The summed E-state index contributed by atoms with van der Waals surface area (Å²) in [5, 5.41) is 3.70. The number of carbonyl (C=O) groups is 1. The van der Waals surface area contributed by atoms with E-state index in [1.165, 1.54) is 18.9 Å². The molecule has 4 heterocycles. The Morgan fingerprint density at radius 2 is 1.84 bits per heavy atom. The Kier molecular flexibility index (Phi) is 4.67. The molecule has 0 aliphatic heterocycles. The number of hydrogen-bond donors (Lipinski definition) is 0. The van der Waals surface area contributed by atoms with E-state index in [4.69, 9.17) is 0 Å². The van der Waals surface area contributed by atoms with Crippen molar-refractivity contribution in [1.29, 1.82) is 0 Å². The van der Waals surface area contributed by atoms with Gasteiger partial charge in [-0.3, -0.25) is 4.79 Å². The van der Waals surface area contributed by atoms with Crippen molar-refractivity contribution in [1.82, 2.24) is 28.9 Å². The first kappa shape index (κ1) is 20.7. The number of halogens is 5. The maximum Gasteiger partial charge on any atom is 0.459 e. The van der Waals surface area contributed by atoms with Crippen LogP contribution in [0.15, 0.2) is 42.7 Å². The molecule has 1 amide bonds. The molecule has 0 unspecified atom stereocenters. The third kappa shape index (κ3) is 3.57. The molecule has 31 heavy (non-hydrogen) atoms. The minimum absolute atomic E-state index is 0.0663. The summed E-state index contributed by atoms with van der Waals surface area (Å²) in [6, 6.07) is 7.08. The zero-order chi connectivity index (χ0) is 22.6. The molecule has 0 aliphatic rings. The van der Waals surface area contributed by atoms with Crippen LogP contribution in [0.25, 0.3) is 11.3 Å². The van der Waals surface area contributed by atoms with Crippen LogP contribution >= 0.6 is 0 Å². The van der Waals surface area contributed by atoms with E-state index >= 15 is 0 Å². The Morgan fingerprint density at radius 1 is 1.10 bits per heavy atom. The monoisotopic (exact) mass is 438 g/mol. The summed E-state index contributed by atoms with van der Waals surface area (Å²) in [6.07, 6.45) is -2.33. The van der Waals surface area contributed by atoms with E-state index < -0.39 is 23.7 Å². The molecular formula is C19H15F5N6O. The molecule has 12 heteroatoms. The van der Waals surface area contributed by atoms with Gasteiger partial charge in [0.25, 0.3) is 5.91 Å². The Hall–Kier alpha value is -3.57. The average molecular weight is 438 g/mol. The molecule has 0 saturated heterocycles. The first-order valence-electron chi connectivity index (χ1n) is 8.98. The highest BCUT2D eigenvalue weighted by molar-refractivity contribution is 5.93. The summed E-state index contributed by atoms with van der Waals surface area (Å²) >= 11 is 0. The smallest absolute Gasteiger partial charge is 0.334 e. The fourth-order valence-corrected chi connectivity index (χ4v) is 3.15. The molecule has 0 radical (unpaired) electrons. The maximum absolute atomic E-state index is 14.0. The van der Waals surface area contributed by atoms with Crippen LogP contribution in [-0.4, -0.2) is 48.0 Å². The topological polar surface area (TPSA) is 67.8 Å². The van der Waals surface area contributed by atoms with Crippen LogP contribution in [0.1, 0.15) is 27.6 Å². The van der Waals surface area contributed by atoms with Gasteiger partial charge in [-0.25, -0.2) is 14.5 Å². The van der Waals surface area contributed by atoms with Gasteiger partial charge in [-0.2, -0.15) is 27.1 Å². The molecule has 0 aliphatic carbocycles. The number of fused-ring (bicyclic) bond motifs is 2. The SMILES string of the molecule is Cc1cc(C(F)(F)C(F)(F)F)n2nc(C(=O)N(C)Cc3cn4ccccc4n3)cc2n1. The largest absolute Gasteiger partial charge is 0.459 e. The summed E-state index contributed by atoms with van der Waals surface area (Å²) in [4.78, 5) is 22.3. The summed E-state index contributed by atoms with van der Waals surface area (Å²) in [7, 11) is 1.44. The lowest BCUT2D eigenvalue weighted by molar-refractivity contribution is -0.291. The lowest BCUT2D eigenvalue weighted by atomic mass is 10.2. The van der Waals surface area contributed by atoms with Gasteiger partial charge in [0.2, 0.25) is 0 Å². The minimum Gasteiger partial charge on any atom is -0.334 e. The molecule has 0 fully saturated rings. The van der Waals surface area contributed by atoms with Gasteiger partial charge in [0, 0.05) is 31.2 Å². The highest BCUT2D eigenvalue weighted by Gasteiger charge is 2.60. The quantitative estimate of drug-likeness (QED) is 0.457. The van der Waals surface area contributed by atoms with Crippen LogP contribution in [-0.2, 0) is 12.5 Å². The molecule has 0 N–H and O–H groups in total. The van der Waals surface area contributed by atoms with Crippen LogP contribution in [0, 0.1) is 6.92 Å². The third-order valence-corrected chi connectivity index (χ3v) is 4.61. The van der Waals surface area contributed by atoms with Crippen LogP contribution < -0.4 is 0 Å². The number of amides is 1. The van der Waals surface area contributed by atoms with E-state index in [0.717, 1.165) is 6.07 Å². The van der Waals surface area contributed by atoms with Crippen molar-refractivity contribution >= 4 is 17.2 Å². The van der Waals surface area contributed by atoms with Crippen LogP contribution in [0.5, 0.6) is 0 Å². The molecule has 0 saturated carbocycles. The second-order valence-corrected chi connectivity index (χ2v) is 7.01. The van der Waals surface area contributed by atoms with Gasteiger partial charge in [0.15, 0.2) is 11.3 Å². The molecule has 162 valence electrons. The number of pyridine rings is 1. The number of hydrogen-bond acceptors (Lipinski definition) is 4. The van der Waals surface area contributed by atoms with Crippen molar-refractivity contribution in [3.63, 3.8) is 0 Å². The number of imidazole rings is 1. The number of carbonyl (C=O) groups excluding carboxylic acids is 1. The standard InChI is InChI=1S/C19H15F5N6O/c1-11-7-14(18(20,21)19(22,23)24)30-16(25-11)8-13(27-30)17(31)28(2)9-12-10-29-6-4-3-5-15(29)26-12/h3-8,10H,9H2,1-2H3. The second kappa shape index (κ2) is 7.00. The lowest BCUT2D eigenvalue weighted by Crippen LogP contribution is -2.36. The highest BCUT2D eigenvalue weighted by Crippen LogP contribution is 2.43.